The summed E-state index contributed by atoms with van der Waals surface area (Å²) in [7, 11) is 0. The standard InChI is InChI=1S/C16H11N3O3S/c20-16(11-8-17-12-5-2-1-4-10(11)12)21-9-14-18-15(19-22-14)13-6-3-7-23-13/h1-8,17H,9H2. The lowest BCUT2D eigenvalue weighted by Crippen LogP contribution is -2.04. The molecule has 0 bridgehead atoms. The van der Waals surface area contributed by atoms with Crippen molar-refractivity contribution in [3.05, 3.63) is 59.4 Å². The molecule has 3 aromatic heterocycles. The van der Waals surface area contributed by atoms with Gasteiger partial charge in [-0.05, 0) is 17.5 Å². The summed E-state index contributed by atoms with van der Waals surface area (Å²) >= 11 is 1.52. The molecular formula is C16H11N3O3S. The Hall–Kier alpha value is -2.93. The van der Waals surface area contributed by atoms with Crippen molar-refractivity contribution in [3.63, 3.8) is 0 Å². The Morgan fingerprint density at radius 1 is 1.26 bits per heavy atom. The summed E-state index contributed by atoms with van der Waals surface area (Å²) in [6.45, 7) is -0.0588. The van der Waals surface area contributed by atoms with E-state index in [2.05, 4.69) is 15.1 Å². The second kappa shape index (κ2) is 5.69. The Labute approximate surface area is 134 Å². The van der Waals surface area contributed by atoms with Crippen molar-refractivity contribution in [2.24, 2.45) is 0 Å². The summed E-state index contributed by atoms with van der Waals surface area (Å²) in [5, 5.41) is 6.63. The number of esters is 1. The Morgan fingerprint density at radius 3 is 3.04 bits per heavy atom. The lowest BCUT2D eigenvalue weighted by molar-refractivity contribution is 0.0432. The van der Waals surface area contributed by atoms with Crippen LogP contribution in [0.15, 0.2) is 52.5 Å². The number of benzene rings is 1. The van der Waals surface area contributed by atoms with Crippen LogP contribution in [0.25, 0.3) is 21.6 Å². The number of hydrogen-bond acceptors (Lipinski definition) is 6. The predicted molar refractivity (Wildman–Crippen MR) is 85.0 cm³/mol. The molecule has 4 rings (SSSR count). The molecule has 0 amide bonds. The van der Waals surface area contributed by atoms with Gasteiger partial charge in [-0.3, -0.25) is 0 Å². The van der Waals surface area contributed by atoms with Gasteiger partial charge < -0.3 is 14.2 Å². The van der Waals surface area contributed by atoms with Crippen LogP contribution in [0.3, 0.4) is 0 Å². The van der Waals surface area contributed by atoms with E-state index < -0.39 is 5.97 Å². The second-order valence-corrected chi connectivity index (χ2v) is 5.76. The van der Waals surface area contributed by atoms with Crippen LogP contribution in [0.1, 0.15) is 16.2 Å². The Bertz CT molecular complexity index is 956. The molecule has 23 heavy (non-hydrogen) atoms. The minimum Gasteiger partial charge on any atom is -0.452 e. The highest BCUT2D eigenvalue weighted by Gasteiger charge is 2.15. The third-order valence-corrected chi connectivity index (χ3v) is 4.21. The fourth-order valence-electron chi connectivity index (χ4n) is 2.26. The zero-order valence-corrected chi connectivity index (χ0v) is 12.7. The quantitative estimate of drug-likeness (QED) is 0.579. The van der Waals surface area contributed by atoms with Crippen LogP contribution >= 0.6 is 11.3 Å². The van der Waals surface area contributed by atoms with Crippen LogP contribution in [-0.2, 0) is 11.3 Å². The highest BCUT2D eigenvalue weighted by Crippen LogP contribution is 2.22. The van der Waals surface area contributed by atoms with E-state index in [1.165, 1.54) is 11.3 Å². The van der Waals surface area contributed by atoms with Gasteiger partial charge >= 0.3 is 5.97 Å². The topological polar surface area (TPSA) is 81.0 Å². The Kier molecular flexibility index (Phi) is 3.39. The summed E-state index contributed by atoms with van der Waals surface area (Å²) in [5.41, 5.74) is 1.37. The van der Waals surface area contributed by atoms with Crippen LogP contribution in [0.5, 0.6) is 0 Å². The summed E-state index contributed by atoms with van der Waals surface area (Å²) in [5.74, 6) is 0.332. The molecule has 1 N–H and O–H groups in total. The zero-order chi connectivity index (χ0) is 15.6. The van der Waals surface area contributed by atoms with E-state index in [1.807, 2.05) is 41.8 Å². The zero-order valence-electron chi connectivity index (χ0n) is 11.9. The number of carbonyl (C=O) groups excluding carboxylic acids is 1. The van der Waals surface area contributed by atoms with Crippen LogP contribution in [0.2, 0.25) is 0 Å². The molecule has 6 nitrogen and oxygen atoms in total. The Balaban J connectivity index is 1.48. The maximum Gasteiger partial charge on any atom is 0.340 e. The van der Waals surface area contributed by atoms with E-state index in [0.717, 1.165) is 15.8 Å². The van der Waals surface area contributed by atoms with E-state index in [9.17, 15) is 4.79 Å². The van der Waals surface area contributed by atoms with Gasteiger partial charge in [0.05, 0.1) is 10.4 Å². The molecule has 0 unspecified atom stereocenters. The number of para-hydroxylation sites is 1. The maximum atomic E-state index is 12.2. The second-order valence-electron chi connectivity index (χ2n) is 4.81. The molecule has 4 aromatic rings. The van der Waals surface area contributed by atoms with Crippen LogP contribution in [0, 0.1) is 0 Å². The minimum absolute atomic E-state index is 0.0588. The fraction of sp³-hybridized carbons (Fsp3) is 0.0625. The number of ether oxygens (including phenoxy) is 1. The van der Waals surface area contributed by atoms with Gasteiger partial charge in [0.15, 0.2) is 6.61 Å². The van der Waals surface area contributed by atoms with Crippen molar-refractivity contribution < 1.29 is 14.1 Å². The Morgan fingerprint density at radius 2 is 2.17 bits per heavy atom. The molecule has 1 aromatic carbocycles. The molecule has 3 heterocycles. The van der Waals surface area contributed by atoms with Gasteiger partial charge in [0.25, 0.3) is 5.89 Å². The lowest BCUT2D eigenvalue weighted by atomic mass is 10.2. The first kappa shape index (κ1) is 13.7. The van der Waals surface area contributed by atoms with E-state index >= 15 is 0 Å². The van der Waals surface area contributed by atoms with Crippen molar-refractivity contribution in [1.29, 1.82) is 0 Å². The number of nitrogens with zero attached hydrogens (tertiary/aromatic N) is 2. The van der Waals surface area contributed by atoms with Crippen molar-refractivity contribution >= 4 is 28.2 Å². The van der Waals surface area contributed by atoms with Gasteiger partial charge in [0, 0.05) is 17.1 Å². The molecule has 114 valence electrons. The van der Waals surface area contributed by atoms with Gasteiger partial charge in [-0.1, -0.05) is 29.4 Å². The van der Waals surface area contributed by atoms with Crippen molar-refractivity contribution in [3.8, 4) is 10.7 Å². The van der Waals surface area contributed by atoms with E-state index in [-0.39, 0.29) is 12.5 Å². The molecule has 0 atom stereocenters. The molecule has 0 radical (unpaired) electrons. The monoisotopic (exact) mass is 325 g/mol. The molecule has 0 spiro atoms. The number of fused-ring (bicyclic) bond motifs is 1. The third-order valence-electron chi connectivity index (χ3n) is 3.35. The van der Waals surface area contributed by atoms with Crippen LogP contribution in [0.4, 0.5) is 0 Å². The first-order chi connectivity index (χ1) is 11.3. The summed E-state index contributed by atoms with van der Waals surface area (Å²) in [6.07, 6.45) is 1.64. The highest BCUT2D eigenvalue weighted by atomic mass is 32.1. The number of thiophene rings is 1. The average Bonchev–Trinajstić information content (AvgIpc) is 3.31. The number of H-pyrrole nitrogens is 1. The molecule has 0 fully saturated rings. The van der Waals surface area contributed by atoms with Crippen molar-refractivity contribution in [1.82, 2.24) is 15.1 Å². The number of hydrogen-bond donors (Lipinski definition) is 1. The molecule has 0 aliphatic rings. The smallest absolute Gasteiger partial charge is 0.340 e. The van der Waals surface area contributed by atoms with Crippen LogP contribution in [-0.4, -0.2) is 21.1 Å². The molecule has 0 saturated carbocycles. The van der Waals surface area contributed by atoms with Gasteiger partial charge in [-0.25, -0.2) is 4.79 Å². The van der Waals surface area contributed by atoms with Gasteiger partial charge in [-0.2, -0.15) is 4.98 Å². The van der Waals surface area contributed by atoms with E-state index in [4.69, 9.17) is 9.26 Å². The van der Waals surface area contributed by atoms with Gasteiger partial charge in [-0.15, -0.1) is 11.3 Å². The third kappa shape index (κ3) is 2.62. The summed E-state index contributed by atoms with van der Waals surface area (Å²) < 4.78 is 10.4. The molecular weight excluding hydrogens is 314 g/mol. The van der Waals surface area contributed by atoms with Gasteiger partial charge in [0.2, 0.25) is 5.82 Å². The normalized spacial score (nSPS) is 11.0. The molecule has 0 aliphatic carbocycles. The first-order valence-electron chi connectivity index (χ1n) is 6.91. The largest absolute Gasteiger partial charge is 0.452 e. The summed E-state index contributed by atoms with van der Waals surface area (Å²) in [6, 6.07) is 11.3. The lowest BCUT2D eigenvalue weighted by Gasteiger charge is -2.00. The number of nitrogens with one attached hydrogen (secondary N) is 1. The SMILES string of the molecule is O=C(OCc1nc(-c2cccs2)no1)c1c[nH]c2ccccc12. The number of rotatable bonds is 4. The van der Waals surface area contributed by atoms with Gasteiger partial charge in [0.1, 0.15) is 0 Å². The number of aromatic nitrogens is 3. The van der Waals surface area contributed by atoms with E-state index in [1.54, 1.807) is 6.20 Å². The predicted octanol–water partition coefficient (Wildman–Crippen LogP) is 3.64. The first-order valence-corrected chi connectivity index (χ1v) is 7.79. The maximum absolute atomic E-state index is 12.2. The van der Waals surface area contributed by atoms with Crippen molar-refractivity contribution in [2.75, 3.05) is 0 Å². The number of carbonyl (C=O) groups is 1. The van der Waals surface area contributed by atoms with Crippen molar-refractivity contribution in [2.45, 2.75) is 6.61 Å². The fourth-order valence-corrected chi connectivity index (χ4v) is 2.91. The minimum atomic E-state index is -0.432. The molecule has 0 saturated heterocycles. The van der Waals surface area contributed by atoms with Crippen LogP contribution < -0.4 is 0 Å². The highest BCUT2D eigenvalue weighted by molar-refractivity contribution is 7.13. The molecule has 7 heteroatoms. The number of aromatic amines is 1. The van der Waals surface area contributed by atoms with E-state index in [0.29, 0.717) is 11.4 Å². The summed E-state index contributed by atoms with van der Waals surface area (Å²) in [4.78, 5) is 20.4. The molecule has 0 aliphatic heterocycles. The average molecular weight is 325 g/mol.